The van der Waals surface area contributed by atoms with Gasteiger partial charge < -0.3 is 14.7 Å². The van der Waals surface area contributed by atoms with E-state index in [1.165, 1.54) is 4.31 Å². The van der Waals surface area contributed by atoms with Gasteiger partial charge in [0.25, 0.3) is 0 Å². The zero-order chi connectivity index (χ0) is 26.6. The minimum atomic E-state index is -3.80. The Hall–Kier alpha value is -2.86. The lowest BCUT2D eigenvalue weighted by Gasteiger charge is -2.35. The molecule has 1 amide bonds. The standard InChI is InChI=1S/C26H35N5O5S/c1-19-15-30(20(2)17-32)26(33)9-6-12-31-23(14-27-28-31)18-36-25(19)16-29(3)37(34,35)24-11-10-21-7-4-5-8-22(21)13-24/h4-5,7-8,10-11,13-14,19-20,25,32H,6,9,12,15-18H2,1-3H3/t19-,20+,25+/m1/s1. The van der Waals surface area contributed by atoms with Gasteiger partial charge in [0.05, 0.1) is 42.1 Å². The maximum absolute atomic E-state index is 13.5. The highest BCUT2D eigenvalue weighted by Gasteiger charge is 2.31. The minimum absolute atomic E-state index is 0.0634. The molecule has 0 bridgehead atoms. The summed E-state index contributed by atoms with van der Waals surface area (Å²) in [4.78, 5) is 14.9. The predicted octanol–water partition coefficient (Wildman–Crippen LogP) is 2.28. The maximum atomic E-state index is 13.5. The van der Waals surface area contributed by atoms with Crippen molar-refractivity contribution in [2.75, 3.05) is 26.7 Å². The number of nitrogens with zero attached hydrogens (tertiary/aromatic N) is 5. The van der Waals surface area contributed by atoms with Gasteiger partial charge in [-0.2, -0.15) is 4.31 Å². The average molecular weight is 530 g/mol. The first kappa shape index (κ1) is 27.2. The summed E-state index contributed by atoms with van der Waals surface area (Å²) < 4.78 is 36.3. The molecule has 200 valence electrons. The number of aliphatic hydroxyl groups is 1. The van der Waals surface area contributed by atoms with Gasteiger partial charge in [0.1, 0.15) is 0 Å². The number of aromatic nitrogens is 3. The van der Waals surface area contributed by atoms with E-state index in [1.807, 2.05) is 31.2 Å². The van der Waals surface area contributed by atoms with Crippen LogP contribution < -0.4 is 0 Å². The van der Waals surface area contributed by atoms with Crippen LogP contribution in [-0.2, 0) is 32.7 Å². The van der Waals surface area contributed by atoms with Crippen molar-refractivity contribution < 1.29 is 23.1 Å². The number of rotatable bonds is 6. The van der Waals surface area contributed by atoms with E-state index in [4.69, 9.17) is 4.74 Å². The van der Waals surface area contributed by atoms with Crippen LogP contribution in [-0.4, -0.2) is 82.5 Å². The fourth-order valence-corrected chi connectivity index (χ4v) is 5.82. The molecule has 10 nitrogen and oxygen atoms in total. The van der Waals surface area contributed by atoms with Crippen molar-refractivity contribution >= 4 is 26.7 Å². The Morgan fingerprint density at radius 1 is 1.22 bits per heavy atom. The fourth-order valence-electron chi connectivity index (χ4n) is 4.61. The molecule has 1 N–H and O–H groups in total. The highest BCUT2D eigenvalue weighted by Crippen LogP contribution is 2.24. The van der Waals surface area contributed by atoms with E-state index in [0.29, 0.717) is 25.9 Å². The molecule has 0 unspecified atom stereocenters. The van der Waals surface area contributed by atoms with Crippen molar-refractivity contribution in [2.24, 2.45) is 5.92 Å². The Bertz CT molecular complexity index is 1330. The number of amides is 1. The van der Waals surface area contributed by atoms with E-state index in [9.17, 15) is 18.3 Å². The predicted molar refractivity (Wildman–Crippen MR) is 139 cm³/mol. The summed E-state index contributed by atoms with van der Waals surface area (Å²) in [6.07, 6.45) is 2.02. The number of hydrogen-bond donors (Lipinski definition) is 1. The Morgan fingerprint density at radius 3 is 2.73 bits per heavy atom. The summed E-state index contributed by atoms with van der Waals surface area (Å²) >= 11 is 0. The van der Waals surface area contributed by atoms with Crippen molar-refractivity contribution in [1.82, 2.24) is 24.2 Å². The fraction of sp³-hybridized carbons (Fsp3) is 0.500. The zero-order valence-electron chi connectivity index (χ0n) is 21.5. The number of fused-ring (bicyclic) bond motifs is 2. The summed E-state index contributed by atoms with van der Waals surface area (Å²) in [5, 5.41) is 19.7. The summed E-state index contributed by atoms with van der Waals surface area (Å²) in [5.74, 6) is -0.275. The first-order chi connectivity index (χ1) is 17.7. The third kappa shape index (κ3) is 6.18. The Labute approximate surface area is 217 Å². The molecule has 4 rings (SSSR count). The number of aryl methyl sites for hydroxylation is 1. The Morgan fingerprint density at radius 2 is 1.97 bits per heavy atom. The van der Waals surface area contributed by atoms with Crippen LogP contribution >= 0.6 is 0 Å². The second-order valence-electron chi connectivity index (χ2n) is 9.75. The summed E-state index contributed by atoms with van der Waals surface area (Å²) in [6, 6.07) is 12.4. The van der Waals surface area contributed by atoms with Gasteiger partial charge in [0.15, 0.2) is 0 Å². The molecular formula is C26H35N5O5S. The van der Waals surface area contributed by atoms with E-state index >= 15 is 0 Å². The summed E-state index contributed by atoms with van der Waals surface area (Å²) in [7, 11) is -2.25. The van der Waals surface area contributed by atoms with Gasteiger partial charge in [-0.1, -0.05) is 42.5 Å². The molecule has 0 spiro atoms. The van der Waals surface area contributed by atoms with Gasteiger partial charge in [0.2, 0.25) is 15.9 Å². The lowest BCUT2D eigenvalue weighted by Crippen LogP contribution is -2.47. The SMILES string of the molecule is C[C@@H]1CN([C@@H](C)CO)C(=O)CCCn2nncc2CO[C@H]1CN(C)S(=O)(=O)c1ccc2ccccc2c1. The molecule has 1 aromatic heterocycles. The Kier molecular flexibility index (Phi) is 8.58. The van der Waals surface area contributed by atoms with Crippen molar-refractivity contribution in [2.45, 2.75) is 56.9 Å². The van der Waals surface area contributed by atoms with E-state index in [1.54, 1.807) is 47.9 Å². The monoisotopic (exact) mass is 529 g/mol. The van der Waals surface area contributed by atoms with Crippen LogP contribution in [0.4, 0.5) is 0 Å². The topological polar surface area (TPSA) is 118 Å². The zero-order valence-corrected chi connectivity index (χ0v) is 22.3. The van der Waals surface area contributed by atoms with Gasteiger partial charge in [-0.15, -0.1) is 5.10 Å². The van der Waals surface area contributed by atoms with Crippen LogP contribution in [0.2, 0.25) is 0 Å². The second kappa shape index (κ2) is 11.7. The molecule has 2 aromatic carbocycles. The molecule has 0 saturated heterocycles. The third-order valence-corrected chi connectivity index (χ3v) is 8.83. The molecule has 2 heterocycles. The molecule has 11 heteroatoms. The van der Waals surface area contributed by atoms with Crippen molar-refractivity contribution in [3.63, 3.8) is 0 Å². The molecular weight excluding hydrogens is 494 g/mol. The first-order valence-corrected chi connectivity index (χ1v) is 14.0. The van der Waals surface area contributed by atoms with Gasteiger partial charge in [-0.25, -0.2) is 13.1 Å². The normalized spacial score (nSPS) is 20.9. The van der Waals surface area contributed by atoms with Crippen LogP contribution in [0.5, 0.6) is 0 Å². The highest BCUT2D eigenvalue weighted by atomic mass is 32.2. The third-order valence-electron chi connectivity index (χ3n) is 7.01. The highest BCUT2D eigenvalue weighted by molar-refractivity contribution is 7.89. The summed E-state index contributed by atoms with van der Waals surface area (Å²) in [6.45, 7) is 4.75. The number of benzene rings is 2. The molecule has 3 aromatic rings. The van der Waals surface area contributed by atoms with Crippen LogP contribution in [0, 0.1) is 5.92 Å². The molecule has 0 aliphatic carbocycles. The molecule has 0 fully saturated rings. The minimum Gasteiger partial charge on any atom is -0.394 e. The van der Waals surface area contributed by atoms with Crippen LogP contribution in [0.1, 0.15) is 32.4 Å². The molecule has 1 aliphatic heterocycles. The van der Waals surface area contributed by atoms with Gasteiger partial charge in [0, 0.05) is 39.0 Å². The number of likely N-dealkylation sites (N-methyl/N-ethyl adjacent to an activating group) is 1. The Balaban J connectivity index is 1.60. The number of carbonyl (C=O) groups is 1. The molecule has 0 radical (unpaired) electrons. The largest absolute Gasteiger partial charge is 0.394 e. The smallest absolute Gasteiger partial charge is 0.242 e. The lowest BCUT2D eigenvalue weighted by atomic mass is 10.0. The number of sulfonamides is 1. The molecule has 3 atom stereocenters. The van der Waals surface area contributed by atoms with Gasteiger partial charge in [-0.05, 0) is 36.2 Å². The quantitative estimate of drug-likeness (QED) is 0.521. The molecule has 1 aliphatic rings. The number of aliphatic hydroxyl groups excluding tert-OH is 1. The molecule has 37 heavy (non-hydrogen) atoms. The number of carbonyl (C=O) groups excluding carboxylic acids is 1. The van der Waals surface area contributed by atoms with E-state index in [-0.39, 0.29) is 42.5 Å². The van der Waals surface area contributed by atoms with Crippen molar-refractivity contribution in [3.05, 3.63) is 54.4 Å². The second-order valence-corrected chi connectivity index (χ2v) is 11.8. The van der Waals surface area contributed by atoms with Gasteiger partial charge >= 0.3 is 0 Å². The number of ether oxygens (including phenoxy) is 1. The van der Waals surface area contributed by atoms with E-state index in [0.717, 1.165) is 16.5 Å². The first-order valence-electron chi connectivity index (χ1n) is 12.5. The average Bonchev–Trinajstić information content (AvgIpc) is 3.34. The van der Waals surface area contributed by atoms with Gasteiger partial charge in [-0.3, -0.25) is 4.79 Å². The van der Waals surface area contributed by atoms with E-state index < -0.39 is 16.1 Å². The van der Waals surface area contributed by atoms with E-state index in [2.05, 4.69) is 10.3 Å². The van der Waals surface area contributed by atoms with Crippen LogP contribution in [0.25, 0.3) is 10.8 Å². The number of hydrogen-bond acceptors (Lipinski definition) is 7. The van der Waals surface area contributed by atoms with Crippen LogP contribution in [0.15, 0.2) is 53.6 Å². The van der Waals surface area contributed by atoms with Crippen molar-refractivity contribution in [3.8, 4) is 0 Å². The molecule has 0 saturated carbocycles. The summed E-state index contributed by atoms with van der Waals surface area (Å²) in [5.41, 5.74) is 0.769. The maximum Gasteiger partial charge on any atom is 0.242 e. The van der Waals surface area contributed by atoms with Crippen molar-refractivity contribution in [1.29, 1.82) is 0 Å². The lowest BCUT2D eigenvalue weighted by molar-refractivity contribution is -0.136. The van der Waals surface area contributed by atoms with Crippen LogP contribution in [0.3, 0.4) is 0 Å².